The van der Waals surface area contributed by atoms with E-state index in [0.29, 0.717) is 17.2 Å². The zero-order valence-electron chi connectivity index (χ0n) is 8.20. The Labute approximate surface area is 81.8 Å². The normalized spacial score (nSPS) is 9.00. The molecule has 14 heavy (non-hydrogen) atoms. The molecule has 0 N–H and O–H groups in total. The van der Waals surface area contributed by atoms with Gasteiger partial charge in [0, 0.05) is 6.07 Å². The quantitative estimate of drug-likeness (QED) is 0.717. The van der Waals surface area contributed by atoms with Gasteiger partial charge in [-0.2, -0.15) is 10.2 Å². The van der Waals surface area contributed by atoms with Gasteiger partial charge in [-0.1, -0.05) is 0 Å². The minimum Gasteiger partial charge on any atom is -0.490 e. The molecular formula is C9H10N2O3. The van der Waals surface area contributed by atoms with Gasteiger partial charge in [0.25, 0.3) is 5.88 Å². The maximum absolute atomic E-state index is 8.82. The van der Waals surface area contributed by atoms with Crippen molar-refractivity contribution in [3.8, 4) is 23.6 Å². The van der Waals surface area contributed by atoms with E-state index in [-0.39, 0.29) is 5.88 Å². The molecule has 0 atom stereocenters. The average Bonchev–Trinajstić information content (AvgIpc) is 2.26. The molecule has 0 aliphatic carbocycles. The average molecular weight is 194 g/mol. The van der Waals surface area contributed by atoms with Crippen LogP contribution in [0.3, 0.4) is 0 Å². The molecule has 0 aliphatic rings. The fourth-order valence-corrected chi connectivity index (χ4v) is 1.01. The molecule has 0 spiro atoms. The van der Waals surface area contributed by atoms with Crippen LogP contribution in [0, 0.1) is 11.3 Å². The number of nitrogens with zero attached hydrogens (tertiary/aromatic N) is 2. The molecule has 1 aromatic rings. The number of hydrogen-bond acceptors (Lipinski definition) is 5. The fourth-order valence-electron chi connectivity index (χ4n) is 1.01. The summed E-state index contributed by atoms with van der Waals surface area (Å²) < 4.78 is 14.8. The third kappa shape index (κ3) is 1.69. The summed E-state index contributed by atoms with van der Waals surface area (Å²) in [6.07, 6.45) is 0. The highest BCUT2D eigenvalue weighted by Crippen LogP contribution is 2.31. The predicted molar refractivity (Wildman–Crippen MR) is 48.6 cm³/mol. The summed E-state index contributed by atoms with van der Waals surface area (Å²) in [7, 11) is 4.37. The lowest BCUT2D eigenvalue weighted by molar-refractivity contribution is 0.328. The van der Waals surface area contributed by atoms with Crippen molar-refractivity contribution in [3.63, 3.8) is 0 Å². The highest BCUT2D eigenvalue weighted by Gasteiger charge is 2.13. The monoisotopic (exact) mass is 194 g/mol. The molecular weight excluding hydrogens is 184 g/mol. The molecule has 74 valence electrons. The number of hydrogen-bond donors (Lipinski definition) is 0. The Morgan fingerprint density at radius 2 is 1.93 bits per heavy atom. The molecule has 0 saturated carbocycles. The van der Waals surface area contributed by atoms with Crippen LogP contribution in [-0.2, 0) is 0 Å². The summed E-state index contributed by atoms with van der Waals surface area (Å²) in [5, 5.41) is 8.82. The molecule has 0 fully saturated rings. The first-order valence-electron chi connectivity index (χ1n) is 3.84. The smallest absolute Gasteiger partial charge is 0.261 e. The molecule has 0 aromatic carbocycles. The van der Waals surface area contributed by atoms with Gasteiger partial charge in [0.15, 0.2) is 5.75 Å². The molecule has 0 radical (unpaired) electrons. The standard InChI is InChI=1S/C9H10N2O3/c1-12-7-4-6(5-10)8(13-2)9(11-7)14-3/h4H,1-3H3. The highest BCUT2D eigenvalue weighted by atomic mass is 16.5. The molecule has 0 unspecified atom stereocenters. The summed E-state index contributed by atoms with van der Waals surface area (Å²) in [4.78, 5) is 3.97. The SMILES string of the molecule is COc1cc(C#N)c(OC)c(OC)n1. The number of aromatic nitrogens is 1. The molecule has 0 saturated heterocycles. The maximum atomic E-state index is 8.82. The molecule has 5 nitrogen and oxygen atoms in total. The highest BCUT2D eigenvalue weighted by molar-refractivity contribution is 5.51. The largest absolute Gasteiger partial charge is 0.490 e. The maximum Gasteiger partial charge on any atom is 0.261 e. The number of ether oxygens (including phenoxy) is 3. The molecule has 0 amide bonds. The van der Waals surface area contributed by atoms with Crippen molar-refractivity contribution in [2.45, 2.75) is 0 Å². The van der Waals surface area contributed by atoms with E-state index in [1.54, 1.807) is 0 Å². The fraction of sp³-hybridized carbons (Fsp3) is 0.333. The van der Waals surface area contributed by atoms with Gasteiger partial charge in [-0.3, -0.25) is 0 Å². The van der Waals surface area contributed by atoms with Crippen molar-refractivity contribution in [3.05, 3.63) is 11.6 Å². The first-order valence-corrected chi connectivity index (χ1v) is 3.84. The zero-order valence-corrected chi connectivity index (χ0v) is 8.20. The van der Waals surface area contributed by atoms with Crippen molar-refractivity contribution in [1.82, 2.24) is 4.98 Å². The first kappa shape index (κ1) is 10.1. The van der Waals surface area contributed by atoms with Crippen molar-refractivity contribution in [1.29, 1.82) is 5.26 Å². The summed E-state index contributed by atoms with van der Waals surface area (Å²) in [5.74, 6) is 0.874. The van der Waals surface area contributed by atoms with Crippen LogP contribution in [0.15, 0.2) is 6.07 Å². The van der Waals surface area contributed by atoms with Gasteiger partial charge in [0.2, 0.25) is 5.88 Å². The van der Waals surface area contributed by atoms with Gasteiger partial charge in [-0.05, 0) is 0 Å². The Kier molecular flexibility index (Phi) is 3.13. The number of pyridine rings is 1. The van der Waals surface area contributed by atoms with Crippen LogP contribution in [0.5, 0.6) is 17.5 Å². The van der Waals surface area contributed by atoms with E-state index in [9.17, 15) is 0 Å². The van der Waals surface area contributed by atoms with Crippen LogP contribution in [-0.4, -0.2) is 26.3 Å². The Balaban J connectivity index is 3.34. The van der Waals surface area contributed by atoms with Crippen LogP contribution in [0.25, 0.3) is 0 Å². The summed E-state index contributed by atoms with van der Waals surface area (Å²) in [5.41, 5.74) is 0.330. The van der Waals surface area contributed by atoms with Crippen molar-refractivity contribution < 1.29 is 14.2 Å². The van der Waals surface area contributed by atoms with Crippen LogP contribution in [0.4, 0.5) is 0 Å². The molecule has 0 bridgehead atoms. The first-order chi connectivity index (χ1) is 6.76. The van der Waals surface area contributed by atoms with E-state index >= 15 is 0 Å². The van der Waals surface area contributed by atoms with Gasteiger partial charge in [-0.25, -0.2) is 0 Å². The minimum absolute atomic E-state index is 0.239. The van der Waals surface area contributed by atoms with Crippen LogP contribution < -0.4 is 14.2 Å². The molecule has 1 rings (SSSR count). The van der Waals surface area contributed by atoms with E-state index in [4.69, 9.17) is 19.5 Å². The van der Waals surface area contributed by atoms with Crippen LogP contribution >= 0.6 is 0 Å². The second-order valence-electron chi connectivity index (χ2n) is 2.37. The molecule has 1 heterocycles. The van der Waals surface area contributed by atoms with Gasteiger partial charge < -0.3 is 14.2 Å². The summed E-state index contributed by atoms with van der Waals surface area (Å²) in [6, 6.07) is 3.46. The lowest BCUT2D eigenvalue weighted by Gasteiger charge is -2.09. The summed E-state index contributed by atoms with van der Waals surface area (Å²) >= 11 is 0. The number of nitriles is 1. The second-order valence-corrected chi connectivity index (χ2v) is 2.37. The third-order valence-corrected chi connectivity index (χ3v) is 1.65. The van der Waals surface area contributed by atoms with E-state index < -0.39 is 0 Å². The van der Waals surface area contributed by atoms with E-state index in [1.165, 1.54) is 27.4 Å². The second kappa shape index (κ2) is 4.33. The van der Waals surface area contributed by atoms with Crippen molar-refractivity contribution in [2.24, 2.45) is 0 Å². The lowest BCUT2D eigenvalue weighted by Crippen LogP contribution is -1.98. The topological polar surface area (TPSA) is 64.4 Å². The third-order valence-electron chi connectivity index (χ3n) is 1.65. The van der Waals surface area contributed by atoms with Gasteiger partial charge in [-0.15, -0.1) is 0 Å². The Morgan fingerprint density at radius 3 is 2.36 bits per heavy atom. The number of rotatable bonds is 3. The Hall–Kier alpha value is -1.96. The van der Waals surface area contributed by atoms with Gasteiger partial charge in [0.1, 0.15) is 11.6 Å². The van der Waals surface area contributed by atoms with E-state index in [1.807, 2.05) is 6.07 Å². The van der Waals surface area contributed by atoms with Crippen molar-refractivity contribution >= 4 is 0 Å². The van der Waals surface area contributed by atoms with Gasteiger partial charge >= 0.3 is 0 Å². The van der Waals surface area contributed by atoms with Gasteiger partial charge in [0.05, 0.1) is 21.3 Å². The molecule has 0 aliphatic heterocycles. The van der Waals surface area contributed by atoms with Crippen LogP contribution in [0.1, 0.15) is 5.56 Å². The molecule has 5 heteroatoms. The Morgan fingerprint density at radius 1 is 1.21 bits per heavy atom. The van der Waals surface area contributed by atoms with E-state index in [0.717, 1.165) is 0 Å². The summed E-state index contributed by atoms with van der Waals surface area (Å²) in [6.45, 7) is 0. The predicted octanol–water partition coefficient (Wildman–Crippen LogP) is 0.979. The minimum atomic E-state index is 0.239. The molecule has 1 aromatic heterocycles. The van der Waals surface area contributed by atoms with Crippen molar-refractivity contribution in [2.75, 3.05) is 21.3 Å². The zero-order chi connectivity index (χ0) is 10.6. The number of methoxy groups -OCH3 is 3. The Bertz CT molecular complexity index is 371. The van der Waals surface area contributed by atoms with Crippen LogP contribution in [0.2, 0.25) is 0 Å². The van der Waals surface area contributed by atoms with E-state index in [2.05, 4.69) is 4.98 Å². The lowest BCUT2D eigenvalue weighted by atomic mass is 10.2.